The molecule has 0 aliphatic rings. The van der Waals surface area contributed by atoms with Gasteiger partial charge in [0.2, 0.25) is 0 Å². The minimum atomic E-state index is -0.520. The van der Waals surface area contributed by atoms with Crippen LogP contribution in [0.5, 0.6) is 11.5 Å². The van der Waals surface area contributed by atoms with E-state index in [-0.39, 0.29) is 16.7 Å². The summed E-state index contributed by atoms with van der Waals surface area (Å²) in [7, 11) is 0. The molecule has 32 heavy (non-hydrogen) atoms. The van der Waals surface area contributed by atoms with Crippen LogP contribution in [0.25, 0.3) is 0 Å². The van der Waals surface area contributed by atoms with Gasteiger partial charge in [0, 0.05) is 10.6 Å². The third kappa shape index (κ3) is 9.30. The maximum Gasteiger partial charge on any atom is 0.276 e. The summed E-state index contributed by atoms with van der Waals surface area (Å²) in [5, 5.41) is 3.15. The predicted molar refractivity (Wildman–Crippen MR) is 129 cm³/mol. The first-order valence-corrected chi connectivity index (χ1v) is 11.3. The lowest BCUT2D eigenvalue weighted by Gasteiger charge is -2.12. The number of thiocarbonyl (C=S) groups is 1. The summed E-state index contributed by atoms with van der Waals surface area (Å²) < 4.78 is 11.0. The molecule has 0 aromatic heterocycles. The second-order valence-corrected chi connectivity index (χ2v) is 8.01. The van der Waals surface area contributed by atoms with Crippen LogP contribution < -0.4 is 25.6 Å². The molecular formula is C22H25Cl2N3O4S. The number of nitrogens with one attached hydrogen (secondary N) is 3. The first-order chi connectivity index (χ1) is 15.4. The second kappa shape index (κ2) is 13.8. The zero-order valence-corrected chi connectivity index (χ0v) is 19.9. The van der Waals surface area contributed by atoms with Gasteiger partial charge in [-0.2, -0.15) is 0 Å². The van der Waals surface area contributed by atoms with Crippen molar-refractivity contribution in [3.05, 3.63) is 58.1 Å². The van der Waals surface area contributed by atoms with Crippen molar-refractivity contribution in [2.24, 2.45) is 0 Å². The molecule has 0 radical (unpaired) electrons. The number of rotatable bonds is 10. The molecule has 0 fully saturated rings. The second-order valence-electron chi connectivity index (χ2n) is 6.75. The molecule has 2 aromatic rings. The Balaban J connectivity index is 1.69. The normalized spacial score (nSPS) is 10.2. The molecule has 2 aromatic carbocycles. The lowest BCUT2D eigenvalue weighted by molar-refractivity contribution is -0.123. The number of carbonyl (C=O) groups is 2. The van der Waals surface area contributed by atoms with Crippen molar-refractivity contribution in [2.45, 2.75) is 32.6 Å². The van der Waals surface area contributed by atoms with Crippen LogP contribution >= 0.6 is 35.4 Å². The highest BCUT2D eigenvalue weighted by Crippen LogP contribution is 2.27. The Morgan fingerprint density at radius 3 is 2.41 bits per heavy atom. The van der Waals surface area contributed by atoms with Crippen molar-refractivity contribution in [2.75, 3.05) is 13.2 Å². The highest BCUT2D eigenvalue weighted by Gasteiger charge is 2.10. The van der Waals surface area contributed by atoms with E-state index in [4.69, 9.17) is 44.9 Å². The number of benzene rings is 2. The van der Waals surface area contributed by atoms with Crippen molar-refractivity contribution < 1.29 is 19.1 Å². The Kier molecular flexibility index (Phi) is 11.1. The van der Waals surface area contributed by atoms with E-state index in [1.165, 1.54) is 18.9 Å². The van der Waals surface area contributed by atoms with Crippen molar-refractivity contribution in [1.29, 1.82) is 0 Å². The summed E-state index contributed by atoms with van der Waals surface area (Å²) in [6.07, 6.45) is 4.51. The summed E-state index contributed by atoms with van der Waals surface area (Å²) in [5.41, 5.74) is 5.17. The van der Waals surface area contributed by atoms with Gasteiger partial charge in [0.05, 0.1) is 11.6 Å². The van der Waals surface area contributed by atoms with E-state index >= 15 is 0 Å². The van der Waals surface area contributed by atoms with E-state index in [1.807, 2.05) is 0 Å². The summed E-state index contributed by atoms with van der Waals surface area (Å²) >= 11 is 16.8. The Morgan fingerprint density at radius 2 is 1.72 bits per heavy atom. The van der Waals surface area contributed by atoms with E-state index in [0.29, 0.717) is 28.7 Å². The Bertz CT molecular complexity index is 926. The van der Waals surface area contributed by atoms with Crippen LogP contribution in [0, 0.1) is 0 Å². The minimum Gasteiger partial charge on any atom is -0.494 e. The van der Waals surface area contributed by atoms with Gasteiger partial charge in [-0.1, -0.05) is 49.4 Å². The molecule has 10 heteroatoms. The van der Waals surface area contributed by atoms with Crippen LogP contribution in [0.2, 0.25) is 10.0 Å². The molecule has 0 spiro atoms. The summed E-state index contributed by atoms with van der Waals surface area (Å²) in [5.74, 6) is 0.0748. The molecule has 0 saturated heterocycles. The number of hydrazine groups is 1. The standard InChI is InChI=1S/C22H25Cl2N3O4S/c1-2-3-4-5-12-30-17-9-6-15(7-10-17)21(29)25-22(32)27-26-20(28)14-31-19-11-8-16(23)13-18(19)24/h6-11,13H,2-5,12,14H2,1H3,(H,26,28)(H2,25,27,29,32). The molecule has 172 valence electrons. The van der Waals surface area contributed by atoms with Gasteiger partial charge in [-0.15, -0.1) is 0 Å². The fourth-order valence-electron chi connectivity index (χ4n) is 2.53. The molecule has 0 unspecified atom stereocenters. The van der Waals surface area contributed by atoms with Gasteiger partial charge >= 0.3 is 0 Å². The van der Waals surface area contributed by atoms with Gasteiger partial charge in [0.1, 0.15) is 11.5 Å². The average molecular weight is 498 g/mol. The van der Waals surface area contributed by atoms with Crippen LogP contribution in [-0.2, 0) is 4.79 Å². The number of hydrogen-bond acceptors (Lipinski definition) is 5. The maximum absolute atomic E-state index is 12.3. The molecule has 7 nitrogen and oxygen atoms in total. The molecule has 0 saturated carbocycles. The molecule has 0 heterocycles. The number of amides is 2. The highest BCUT2D eigenvalue weighted by molar-refractivity contribution is 7.80. The minimum absolute atomic E-state index is 0.0656. The van der Waals surface area contributed by atoms with Crippen molar-refractivity contribution in [3.63, 3.8) is 0 Å². The lowest BCUT2D eigenvalue weighted by Crippen LogP contribution is -2.49. The first-order valence-electron chi connectivity index (χ1n) is 10.1. The topological polar surface area (TPSA) is 88.7 Å². The maximum atomic E-state index is 12.3. The smallest absolute Gasteiger partial charge is 0.276 e. The highest BCUT2D eigenvalue weighted by atomic mass is 35.5. The first kappa shape index (κ1) is 25.7. The van der Waals surface area contributed by atoms with Gasteiger partial charge < -0.3 is 9.47 Å². The third-order valence-corrected chi connectivity index (χ3v) is 4.91. The van der Waals surface area contributed by atoms with Crippen LogP contribution in [0.15, 0.2) is 42.5 Å². The fourth-order valence-corrected chi connectivity index (χ4v) is 3.13. The van der Waals surface area contributed by atoms with E-state index in [0.717, 1.165) is 12.8 Å². The van der Waals surface area contributed by atoms with Gasteiger partial charge in [-0.3, -0.25) is 25.8 Å². The molecule has 0 aliphatic heterocycles. The fraction of sp³-hybridized carbons (Fsp3) is 0.318. The number of unbranched alkanes of at least 4 members (excludes halogenated alkanes) is 3. The van der Waals surface area contributed by atoms with Gasteiger partial charge in [0.15, 0.2) is 11.7 Å². The van der Waals surface area contributed by atoms with Crippen LogP contribution in [0.4, 0.5) is 0 Å². The number of carbonyl (C=O) groups excluding carboxylic acids is 2. The molecule has 3 N–H and O–H groups in total. The van der Waals surface area contributed by atoms with E-state index < -0.39 is 11.8 Å². The molecule has 2 amide bonds. The number of ether oxygens (including phenoxy) is 2. The van der Waals surface area contributed by atoms with Crippen molar-refractivity contribution >= 4 is 52.3 Å². The van der Waals surface area contributed by atoms with Crippen molar-refractivity contribution in [1.82, 2.24) is 16.2 Å². The van der Waals surface area contributed by atoms with Crippen molar-refractivity contribution in [3.8, 4) is 11.5 Å². The Morgan fingerprint density at radius 1 is 0.969 bits per heavy atom. The predicted octanol–water partition coefficient (Wildman–Crippen LogP) is 4.67. The zero-order chi connectivity index (χ0) is 23.3. The molecule has 2 rings (SSSR count). The molecule has 0 bridgehead atoms. The van der Waals surface area contributed by atoms with Crippen LogP contribution in [0.1, 0.15) is 43.0 Å². The van der Waals surface area contributed by atoms with Crippen LogP contribution in [-0.4, -0.2) is 30.1 Å². The number of halogens is 2. The molecule has 0 atom stereocenters. The van der Waals surface area contributed by atoms with Crippen LogP contribution in [0.3, 0.4) is 0 Å². The molecule has 0 aliphatic carbocycles. The van der Waals surface area contributed by atoms with Gasteiger partial charge in [0.25, 0.3) is 11.8 Å². The Hall–Kier alpha value is -2.55. The largest absolute Gasteiger partial charge is 0.494 e. The van der Waals surface area contributed by atoms with E-state index in [9.17, 15) is 9.59 Å². The summed E-state index contributed by atoms with van der Waals surface area (Å²) in [6.45, 7) is 2.49. The SMILES string of the molecule is CCCCCCOc1ccc(C(=O)NC(=S)NNC(=O)COc2ccc(Cl)cc2Cl)cc1. The lowest BCUT2D eigenvalue weighted by atomic mass is 10.2. The summed E-state index contributed by atoms with van der Waals surface area (Å²) in [6, 6.07) is 11.4. The average Bonchev–Trinajstić information content (AvgIpc) is 2.77. The van der Waals surface area contributed by atoms with Gasteiger partial charge in [-0.05, 0) is 61.1 Å². The molecular weight excluding hydrogens is 473 g/mol. The van der Waals surface area contributed by atoms with E-state index in [1.54, 1.807) is 36.4 Å². The van der Waals surface area contributed by atoms with Gasteiger partial charge in [-0.25, -0.2) is 0 Å². The summed E-state index contributed by atoms with van der Waals surface area (Å²) in [4.78, 5) is 24.2. The zero-order valence-electron chi connectivity index (χ0n) is 17.6. The third-order valence-electron chi connectivity index (χ3n) is 4.18. The monoisotopic (exact) mass is 497 g/mol. The Labute approximate surface area is 202 Å². The quantitative estimate of drug-likeness (QED) is 0.251. The van der Waals surface area contributed by atoms with E-state index in [2.05, 4.69) is 23.1 Å². The number of hydrogen-bond donors (Lipinski definition) is 3.